The van der Waals surface area contributed by atoms with Gasteiger partial charge < -0.3 is 5.73 Å². The topological polar surface area (TPSA) is 26.0 Å². The number of nitrogens with two attached hydrogens (primary N) is 1. The van der Waals surface area contributed by atoms with Crippen molar-refractivity contribution in [1.82, 2.24) is 0 Å². The molecule has 0 aromatic heterocycles. The van der Waals surface area contributed by atoms with E-state index in [-0.39, 0.29) is 0 Å². The predicted molar refractivity (Wildman–Crippen MR) is 92.6 cm³/mol. The van der Waals surface area contributed by atoms with Crippen LogP contribution in [0.25, 0.3) is 0 Å². The highest BCUT2D eigenvalue weighted by atomic mass is 14.7. The summed E-state index contributed by atoms with van der Waals surface area (Å²) in [6.07, 6.45) is 14.7. The van der Waals surface area contributed by atoms with E-state index in [1.165, 1.54) is 76.2 Å². The molecule has 1 aliphatic rings. The molecule has 2 N–H and O–H groups in total. The molecule has 118 valence electrons. The Balaban J connectivity index is 1.73. The molecule has 1 aromatic carbocycles. The van der Waals surface area contributed by atoms with Crippen molar-refractivity contribution in [2.45, 2.75) is 89.0 Å². The number of unbranched alkanes of at least 4 members (excludes halogenated alkanes) is 6. The van der Waals surface area contributed by atoms with Crippen molar-refractivity contribution in [3.05, 3.63) is 35.9 Å². The molecule has 0 radical (unpaired) electrons. The van der Waals surface area contributed by atoms with Gasteiger partial charge in [0.15, 0.2) is 0 Å². The van der Waals surface area contributed by atoms with Crippen LogP contribution in [0.3, 0.4) is 0 Å². The molecule has 1 unspecified atom stereocenters. The SMILES string of the molecule is CCCCCCCCCC(N)C1(c2ccccc2)CCC1. The van der Waals surface area contributed by atoms with Crippen LogP contribution in [0.1, 0.15) is 83.1 Å². The summed E-state index contributed by atoms with van der Waals surface area (Å²) >= 11 is 0. The Bertz CT molecular complexity index is 380. The molecule has 2 rings (SSSR count). The molecule has 1 aromatic rings. The van der Waals surface area contributed by atoms with Crippen LogP contribution in [0, 0.1) is 0 Å². The zero-order valence-electron chi connectivity index (χ0n) is 13.8. The molecule has 21 heavy (non-hydrogen) atoms. The minimum Gasteiger partial charge on any atom is -0.327 e. The van der Waals surface area contributed by atoms with Crippen LogP contribution >= 0.6 is 0 Å². The largest absolute Gasteiger partial charge is 0.327 e. The Labute approximate surface area is 131 Å². The van der Waals surface area contributed by atoms with Crippen molar-refractivity contribution < 1.29 is 0 Å². The number of rotatable bonds is 10. The molecule has 0 aliphatic heterocycles. The van der Waals surface area contributed by atoms with Gasteiger partial charge in [-0.15, -0.1) is 0 Å². The van der Waals surface area contributed by atoms with Gasteiger partial charge in [0.05, 0.1) is 0 Å². The van der Waals surface area contributed by atoms with E-state index in [9.17, 15) is 0 Å². The predicted octanol–water partition coefficient (Wildman–Crippen LogP) is 5.58. The second kappa shape index (κ2) is 8.58. The highest BCUT2D eigenvalue weighted by Gasteiger charge is 2.43. The maximum atomic E-state index is 6.61. The first-order valence-corrected chi connectivity index (χ1v) is 9.11. The molecular formula is C20H33N. The Hall–Kier alpha value is -0.820. The van der Waals surface area contributed by atoms with Crippen LogP contribution in [0.15, 0.2) is 30.3 Å². The molecule has 1 atom stereocenters. The Morgan fingerprint density at radius 1 is 0.952 bits per heavy atom. The van der Waals surface area contributed by atoms with Gasteiger partial charge in [-0.1, -0.05) is 88.6 Å². The van der Waals surface area contributed by atoms with Gasteiger partial charge in [0.25, 0.3) is 0 Å². The smallest absolute Gasteiger partial charge is 0.0136 e. The van der Waals surface area contributed by atoms with Crippen molar-refractivity contribution in [2.75, 3.05) is 0 Å². The fraction of sp³-hybridized carbons (Fsp3) is 0.700. The van der Waals surface area contributed by atoms with Gasteiger partial charge in [0.1, 0.15) is 0 Å². The maximum Gasteiger partial charge on any atom is 0.0136 e. The highest BCUT2D eigenvalue weighted by Crippen LogP contribution is 2.46. The Morgan fingerprint density at radius 2 is 1.57 bits per heavy atom. The third-order valence-corrected chi connectivity index (χ3v) is 5.42. The molecule has 0 amide bonds. The summed E-state index contributed by atoms with van der Waals surface area (Å²) in [5.41, 5.74) is 8.38. The summed E-state index contributed by atoms with van der Waals surface area (Å²) < 4.78 is 0. The summed E-state index contributed by atoms with van der Waals surface area (Å²) in [5.74, 6) is 0. The summed E-state index contributed by atoms with van der Waals surface area (Å²) in [7, 11) is 0. The van der Waals surface area contributed by atoms with Gasteiger partial charge in [0.2, 0.25) is 0 Å². The van der Waals surface area contributed by atoms with Gasteiger partial charge >= 0.3 is 0 Å². The van der Waals surface area contributed by atoms with E-state index in [2.05, 4.69) is 37.3 Å². The van der Waals surface area contributed by atoms with Crippen LogP contribution in [-0.2, 0) is 5.41 Å². The zero-order valence-corrected chi connectivity index (χ0v) is 13.8. The van der Waals surface area contributed by atoms with Crippen molar-refractivity contribution in [1.29, 1.82) is 0 Å². The van der Waals surface area contributed by atoms with Crippen molar-refractivity contribution in [3.8, 4) is 0 Å². The summed E-state index contributed by atoms with van der Waals surface area (Å²) in [6, 6.07) is 11.3. The van der Waals surface area contributed by atoms with E-state index in [0.717, 1.165) is 0 Å². The molecule has 0 heterocycles. The zero-order chi connectivity index (χ0) is 15.0. The van der Waals surface area contributed by atoms with Gasteiger partial charge in [-0.3, -0.25) is 0 Å². The molecule has 0 spiro atoms. The van der Waals surface area contributed by atoms with Crippen LogP contribution in [0.5, 0.6) is 0 Å². The maximum absolute atomic E-state index is 6.61. The van der Waals surface area contributed by atoms with Gasteiger partial charge in [-0.05, 0) is 24.8 Å². The quantitative estimate of drug-likeness (QED) is 0.559. The van der Waals surface area contributed by atoms with E-state index in [1.54, 1.807) is 0 Å². The fourth-order valence-electron chi connectivity index (χ4n) is 3.80. The first-order chi connectivity index (χ1) is 10.3. The molecule has 1 heteroatoms. The minimum atomic E-state index is 0.295. The van der Waals surface area contributed by atoms with Crippen molar-refractivity contribution in [2.24, 2.45) is 5.73 Å². The molecular weight excluding hydrogens is 254 g/mol. The average Bonchev–Trinajstić information content (AvgIpc) is 2.46. The second-order valence-corrected chi connectivity index (χ2v) is 6.89. The van der Waals surface area contributed by atoms with Crippen LogP contribution in [-0.4, -0.2) is 6.04 Å². The van der Waals surface area contributed by atoms with E-state index < -0.39 is 0 Å². The van der Waals surface area contributed by atoms with E-state index in [1.807, 2.05) is 0 Å². The lowest BCUT2D eigenvalue weighted by Crippen LogP contribution is -2.50. The van der Waals surface area contributed by atoms with Crippen LogP contribution in [0.2, 0.25) is 0 Å². The third-order valence-electron chi connectivity index (χ3n) is 5.42. The van der Waals surface area contributed by atoms with Crippen molar-refractivity contribution in [3.63, 3.8) is 0 Å². The first kappa shape index (κ1) is 16.5. The minimum absolute atomic E-state index is 0.295. The molecule has 0 bridgehead atoms. The lowest BCUT2D eigenvalue weighted by Gasteiger charge is -2.47. The van der Waals surface area contributed by atoms with E-state index in [4.69, 9.17) is 5.73 Å². The number of hydrogen-bond acceptors (Lipinski definition) is 1. The normalized spacial score (nSPS) is 18.2. The lowest BCUT2D eigenvalue weighted by atomic mass is 9.59. The number of hydrogen-bond donors (Lipinski definition) is 1. The van der Waals surface area contributed by atoms with E-state index >= 15 is 0 Å². The Morgan fingerprint density at radius 3 is 2.14 bits per heavy atom. The highest BCUT2D eigenvalue weighted by molar-refractivity contribution is 5.30. The van der Waals surface area contributed by atoms with Crippen LogP contribution < -0.4 is 5.73 Å². The summed E-state index contributed by atoms with van der Waals surface area (Å²) in [6.45, 7) is 2.28. The van der Waals surface area contributed by atoms with Gasteiger partial charge in [-0.2, -0.15) is 0 Å². The standard InChI is InChI=1S/C20H33N/c1-2-3-4-5-6-7-11-15-19(21)20(16-12-17-20)18-13-9-8-10-14-18/h8-10,13-14,19H,2-7,11-12,15-17,21H2,1H3. The lowest BCUT2D eigenvalue weighted by molar-refractivity contribution is 0.186. The molecule has 1 aliphatic carbocycles. The van der Waals surface area contributed by atoms with E-state index in [0.29, 0.717) is 11.5 Å². The summed E-state index contributed by atoms with van der Waals surface area (Å²) in [5, 5.41) is 0. The van der Waals surface area contributed by atoms with Crippen LogP contribution in [0.4, 0.5) is 0 Å². The van der Waals surface area contributed by atoms with Gasteiger partial charge in [0, 0.05) is 11.5 Å². The first-order valence-electron chi connectivity index (χ1n) is 9.11. The third kappa shape index (κ3) is 4.32. The Kier molecular flexibility index (Phi) is 6.76. The van der Waals surface area contributed by atoms with Gasteiger partial charge in [-0.25, -0.2) is 0 Å². The molecule has 1 fully saturated rings. The second-order valence-electron chi connectivity index (χ2n) is 6.89. The molecule has 1 nitrogen and oxygen atoms in total. The molecule has 0 saturated heterocycles. The monoisotopic (exact) mass is 287 g/mol. The summed E-state index contributed by atoms with van der Waals surface area (Å²) in [4.78, 5) is 0. The number of benzene rings is 1. The fourth-order valence-corrected chi connectivity index (χ4v) is 3.80. The van der Waals surface area contributed by atoms with Crippen molar-refractivity contribution >= 4 is 0 Å². The molecule has 1 saturated carbocycles. The average molecular weight is 287 g/mol.